The Hall–Kier alpha value is -0.480. The first-order valence-electron chi connectivity index (χ1n) is 6.28. The number of carboxylic acids is 1. The van der Waals surface area contributed by atoms with E-state index < -0.39 is 5.97 Å². The van der Waals surface area contributed by atoms with E-state index in [0.29, 0.717) is 0 Å². The third-order valence-corrected chi connectivity index (χ3v) is 6.04. The van der Waals surface area contributed by atoms with Crippen LogP contribution in [-0.4, -0.2) is 16.3 Å². The van der Waals surface area contributed by atoms with Crippen LogP contribution in [0.2, 0.25) is 0 Å². The van der Waals surface area contributed by atoms with Gasteiger partial charge in [-0.25, -0.2) is 0 Å². The van der Waals surface area contributed by atoms with Crippen LogP contribution in [0.25, 0.3) is 0 Å². The fourth-order valence-electron chi connectivity index (χ4n) is 2.30. The second-order valence-corrected chi connectivity index (χ2v) is 7.51. The molecular weight excluding hydrogens is 312 g/mol. The standard InChI is InChI=1S/C14H15BrO2S/c15-11-7-9(14(5-6-14)8-13(16)17)1-4-12(11)18-10-2-3-10/h1,4,7,10H,2-3,5-6,8H2,(H,16,17). The van der Waals surface area contributed by atoms with Crippen molar-refractivity contribution < 1.29 is 9.90 Å². The number of rotatable bonds is 5. The molecule has 0 unspecified atom stereocenters. The molecule has 0 aliphatic heterocycles. The van der Waals surface area contributed by atoms with E-state index in [2.05, 4.69) is 34.1 Å². The van der Waals surface area contributed by atoms with Crippen molar-refractivity contribution in [3.05, 3.63) is 28.2 Å². The molecule has 2 aliphatic rings. The lowest BCUT2D eigenvalue weighted by atomic mass is 9.93. The molecule has 0 saturated heterocycles. The summed E-state index contributed by atoms with van der Waals surface area (Å²) >= 11 is 5.55. The molecule has 1 aromatic carbocycles. The molecule has 4 heteroatoms. The first-order chi connectivity index (χ1) is 8.59. The maximum absolute atomic E-state index is 10.9. The van der Waals surface area contributed by atoms with Gasteiger partial charge in [0.05, 0.1) is 6.42 Å². The van der Waals surface area contributed by atoms with Gasteiger partial charge in [-0.15, -0.1) is 11.8 Å². The molecule has 0 amide bonds. The van der Waals surface area contributed by atoms with Crippen molar-refractivity contribution in [3.63, 3.8) is 0 Å². The van der Waals surface area contributed by atoms with E-state index in [-0.39, 0.29) is 11.8 Å². The predicted molar refractivity (Wildman–Crippen MR) is 76.2 cm³/mol. The van der Waals surface area contributed by atoms with Crippen LogP contribution in [0.4, 0.5) is 0 Å². The Balaban J connectivity index is 1.80. The highest BCUT2D eigenvalue weighted by molar-refractivity contribution is 9.10. The minimum atomic E-state index is -0.694. The van der Waals surface area contributed by atoms with Crippen LogP contribution in [0.15, 0.2) is 27.6 Å². The molecule has 0 atom stereocenters. The van der Waals surface area contributed by atoms with E-state index in [0.717, 1.165) is 22.6 Å². The highest BCUT2D eigenvalue weighted by atomic mass is 79.9. The Morgan fingerprint density at radius 2 is 2.17 bits per heavy atom. The summed E-state index contributed by atoms with van der Waals surface area (Å²) in [5.74, 6) is -0.694. The lowest BCUT2D eigenvalue weighted by molar-refractivity contribution is -0.137. The molecule has 2 fully saturated rings. The molecule has 96 valence electrons. The summed E-state index contributed by atoms with van der Waals surface area (Å²) in [6.45, 7) is 0. The summed E-state index contributed by atoms with van der Waals surface area (Å²) in [5, 5.41) is 9.78. The Morgan fingerprint density at radius 1 is 1.44 bits per heavy atom. The van der Waals surface area contributed by atoms with Gasteiger partial charge < -0.3 is 5.11 Å². The summed E-state index contributed by atoms with van der Waals surface area (Å²) in [6, 6.07) is 6.39. The SMILES string of the molecule is O=C(O)CC1(c2ccc(SC3CC3)c(Br)c2)CC1. The summed E-state index contributed by atoms with van der Waals surface area (Å²) in [4.78, 5) is 12.2. The van der Waals surface area contributed by atoms with Gasteiger partial charge in [-0.3, -0.25) is 4.79 Å². The quantitative estimate of drug-likeness (QED) is 0.880. The van der Waals surface area contributed by atoms with Gasteiger partial charge in [-0.1, -0.05) is 6.07 Å². The lowest BCUT2D eigenvalue weighted by Crippen LogP contribution is -2.12. The smallest absolute Gasteiger partial charge is 0.304 e. The summed E-state index contributed by atoms with van der Waals surface area (Å²) in [6.07, 6.45) is 4.90. The van der Waals surface area contributed by atoms with Crippen molar-refractivity contribution in [2.24, 2.45) is 0 Å². The molecule has 3 rings (SSSR count). The number of hydrogen-bond acceptors (Lipinski definition) is 2. The number of carboxylic acid groups (broad SMARTS) is 1. The molecule has 2 aliphatic carbocycles. The molecule has 0 radical (unpaired) electrons. The molecule has 18 heavy (non-hydrogen) atoms. The first kappa shape index (κ1) is 12.5. The monoisotopic (exact) mass is 326 g/mol. The third kappa shape index (κ3) is 2.59. The van der Waals surface area contributed by atoms with Gasteiger partial charge in [0.1, 0.15) is 0 Å². The minimum Gasteiger partial charge on any atom is -0.481 e. The van der Waals surface area contributed by atoms with E-state index in [9.17, 15) is 4.79 Å². The predicted octanol–water partition coefficient (Wildman–Crippen LogP) is 4.21. The van der Waals surface area contributed by atoms with Gasteiger partial charge in [0, 0.05) is 20.0 Å². The largest absolute Gasteiger partial charge is 0.481 e. The number of benzene rings is 1. The van der Waals surface area contributed by atoms with Gasteiger partial charge in [0.2, 0.25) is 0 Å². The van der Waals surface area contributed by atoms with Crippen LogP contribution in [-0.2, 0) is 10.2 Å². The van der Waals surface area contributed by atoms with Crippen molar-refractivity contribution >= 4 is 33.7 Å². The average Bonchev–Trinajstić information content (AvgIpc) is 3.17. The van der Waals surface area contributed by atoms with Crippen molar-refractivity contribution in [3.8, 4) is 0 Å². The van der Waals surface area contributed by atoms with Crippen molar-refractivity contribution in [1.82, 2.24) is 0 Å². The van der Waals surface area contributed by atoms with E-state index in [4.69, 9.17) is 5.11 Å². The fraction of sp³-hybridized carbons (Fsp3) is 0.500. The highest BCUT2D eigenvalue weighted by Crippen LogP contribution is 2.52. The number of thioether (sulfide) groups is 1. The number of hydrogen-bond donors (Lipinski definition) is 1. The second-order valence-electron chi connectivity index (χ2n) is 5.31. The van der Waals surface area contributed by atoms with Crippen LogP contribution >= 0.6 is 27.7 Å². The van der Waals surface area contributed by atoms with Crippen LogP contribution < -0.4 is 0 Å². The zero-order chi connectivity index (χ0) is 12.8. The van der Waals surface area contributed by atoms with Crippen LogP contribution in [0.1, 0.15) is 37.7 Å². The zero-order valence-electron chi connectivity index (χ0n) is 9.99. The van der Waals surface area contributed by atoms with E-state index in [1.54, 1.807) is 0 Å². The zero-order valence-corrected chi connectivity index (χ0v) is 12.4. The molecule has 0 bridgehead atoms. The average molecular weight is 327 g/mol. The van der Waals surface area contributed by atoms with E-state index in [1.165, 1.54) is 23.3 Å². The fourth-order valence-corrected chi connectivity index (χ4v) is 4.01. The summed E-state index contributed by atoms with van der Waals surface area (Å²) < 4.78 is 1.12. The normalized spacial score (nSPS) is 20.7. The lowest BCUT2D eigenvalue weighted by Gasteiger charge is -2.14. The first-order valence-corrected chi connectivity index (χ1v) is 7.95. The molecule has 0 aromatic heterocycles. The number of aliphatic carboxylic acids is 1. The van der Waals surface area contributed by atoms with Crippen LogP contribution in [0.3, 0.4) is 0 Å². The highest BCUT2D eigenvalue weighted by Gasteiger charge is 2.46. The maximum Gasteiger partial charge on any atom is 0.304 e. The van der Waals surface area contributed by atoms with Gasteiger partial charge in [0.25, 0.3) is 0 Å². The third-order valence-electron chi connectivity index (χ3n) is 3.71. The Morgan fingerprint density at radius 3 is 2.67 bits per heavy atom. The molecule has 2 saturated carbocycles. The topological polar surface area (TPSA) is 37.3 Å². The minimum absolute atomic E-state index is 0.0862. The maximum atomic E-state index is 10.9. The Bertz CT molecular complexity index is 493. The van der Waals surface area contributed by atoms with E-state index in [1.807, 2.05) is 11.8 Å². The van der Waals surface area contributed by atoms with Crippen LogP contribution in [0.5, 0.6) is 0 Å². The van der Waals surface area contributed by atoms with Gasteiger partial charge in [-0.2, -0.15) is 0 Å². The Kier molecular flexibility index (Phi) is 3.18. The molecule has 2 nitrogen and oxygen atoms in total. The second kappa shape index (κ2) is 4.57. The molecular formula is C14H15BrO2S. The van der Waals surface area contributed by atoms with Gasteiger partial charge >= 0.3 is 5.97 Å². The molecule has 1 aromatic rings. The molecule has 0 spiro atoms. The molecule has 0 heterocycles. The van der Waals surface area contributed by atoms with Gasteiger partial charge in [0.15, 0.2) is 0 Å². The van der Waals surface area contributed by atoms with Crippen LogP contribution in [0, 0.1) is 0 Å². The summed E-state index contributed by atoms with van der Waals surface area (Å²) in [5.41, 5.74) is 1.09. The molecule has 1 N–H and O–H groups in total. The number of halogens is 1. The Labute approximate surface area is 119 Å². The van der Waals surface area contributed by atoms with Crippen molar-refractivity contribution in [2.45, 2.75) is 47.7 Å². The van der Waals surface area contributed by atoms with Crippen molar-refractivity contribution in [1.29, 1.82) is 0 Å². The van der Waals surface area contributed by atoms with Crippen molar-refractivity contribution in [2.75, 3.05) is 0 Å². The van der Waals surface area contributed by atoms with Gasteiger partial charge in [-0.05, 0) is 59.3 Å². The van der Waals surface area contributed by atoms with E-state index >= 15 is 0 Å². The summed E-state index contributed by atoms with van der Waals surface area (Å²) in [7, 11) is 0. The number of carbonyl (C=O) groups is 1.